The average molecular weight is 229 g/mol. The number of thiol groups is 1. The van der Waals surface area contributed by atoms with E-state index in [1.165, 1.54) is 31.4 Å². The number of unbranched alkanes of at least 4 members (excludes halogenated alkanes) is 2. The molecule has 80 valence electrons. The zero-order valence-electron chi connectivity index (χ0n) is 8.78. The van der Waals surface area contributed by atoms with Crippen LogP contribution in [0.5, 0.6) is 0 Å². The first kappa shape index (κ1) is 12.1. The van der Waals surface area contributed by atoms with E-state index < -0.39 is 0 Å². The van der Waals surface area contributed by atoms with Crippen LogP contribution in [0, 0.1) is 0 Å². The summed E-state index contributed by atoms with van der Waals surface area (Å²) >= 11 is 5.98. The van der Waals surface area contributed by atoms with Crippen molar-refractivity contribution in [2.45, 2.75) is 25.8 Å². The topological polar surface area (TPSA) is 3.24 Å². The minimum atomic E-state index is 1.02. The number of hydrogen-bond donors (Lipinski definition) is 1. The molecule has 0 atom stereocenters. The van der Waals surface area contributed by atoms with Crippen molar-refractivity contribution in [1.82, 2.24) is 4.90 Å². The van der Waals surface area contributed by atoms with Crippen LogP contribution >= 0.6 is 24.0 Å². The lowest BCUT2D eigenvalue weighted by molar-refractivity contribution is 0.319. The number of nitrogens with zero attached hydrogens (tertiary/aromatic N) is 1. The minimum Gasteiger partial charge on any atom is -0.302 e. The Bertz CT molecular complexity index is 221. The summed E-state index contributed by atoms with van der Waals surface area (Å²) < 4.78 is 0. The maximum atomic E-state index is 4.20. The summed E-state index contributed by atoms with van der Waals surface area (Å²) in [4.78, 5) is 2.39. The summed E-state index contributed by atoms with van der Waals surface area (Å²) in [5, 5.41) is 4.37. The minimum absolute atomic E-state index is 1.02. The second-order valence-corrected chi connectivity index (χ2v) is 4.88. The third-order valence-corrected chi connectivity index (χ3v) is 3.28. The first-order chi connectivity index (χ1) is 6.83. The molecule has 0 aliphatic heterocycles. The Morgan fingerprint density at radius 1 is 1.36 bits per heavy atom. The van der Waals surface area contributed by atoms with E-state index in [1.807, 2.05) is 0 Å². The summed E-state index contributed by atoms with van der Waals surface area (Å²) in [6.45, 7) is 2.29. The van der Waals surface area contributed by atoms with Gasteiger partial charge >= 0.3 is 0 Å². The van der Waals surface area contributed by atoms with Crippen molar-refractivity contribution < 1.29 is 0 Å². The molecule has 0 amide bonds. The molecule has 1 aromatic heterocycles. The van der Waals surface area contributed by atoms with Crippen molar-refractivity contribution in [1.29, 1.82) is 0 Å². The first-order valence-corrected chi connectivity index (χ1v) is 6.71. The van der Waals surface area contributed by atoms with E-state index in [1.54, 1.807) is 11.3 Å². The fourth-order valence-corrected chi connectivity index (χ4v) is 2.33. The van der Waals surface area contributed by atoms with E-state index in [0.717, 1.165) is 12.3 Å². The molecule has 1 rings (SSSR count). The summed E-state index contributed by atoms with van der Waals surface area (Å²) in [6, 6.07) is 2.20. The SMILES string of the molecule is CN(CCCCCS)Cc1ccsc1. The second kappa shape index (κ2) is 7.32. The van der Waals surface area contributed by atoms with E-state index in [2.05, 4.69) is 41.4 Å². The highest BCUT2D eigenvalue weighted by Gasteiger charge is 1.99. The van der Waals surface area contributed by atoms with Crippen molar-refractivity contribution in [2.24, 2.45) is 0 Å². The van der Waals surface area contributed by atoms with Gasteiger partial charge in [-0.3, -0.25) is 0 Å². The van der Waals surface area contributed by atoms with Gasteiger partial charge in [-0.2, -0.15) is 24.0 Å². The zero-order chi connectivity index (χ0) is 10.2. The summed E-state index contributed by atoms with van der Waals surface area (Å²) in [5.41, 5.74) is 1.44. The number of thiophene rings is 1. The summed E-state index contributed by atoms with van der Waals surface area (Å²) in [6.07, 6.45) is 3.84. The first-order valence-electron chi connectivity index (χ1n) is 5.13. The Kier molecular flexibility index (Phi) is 6.32. The molecule has 1 heterocycles. The Labute approximate surface area is 96.5 Å². The van der Waals surface area contributed by atoms with Gasteiger partial charge in [0.1, 0.15) is 0 Å². The molecule has 0 spiro atoms. The van der Waals surface area contributed by atoms with Gasteiger partial charge in [0, 0.05) is 6.54 Å². The second-order valence-electron chi connectivity index (χ2n) is 3.65. The van der Waals surface area contributed by atoms with Gasteiger partial charge in [0.15, 0.2) is 0 Å². The van der Waals surface area contributed by atoms with Crippen LogP contribution in [0.3, 0.4) is 0 Å². The Morgan fingerprint density at radius 3 is 2.86 bits per heavy atom. The highest BCUT2D eigenvalue weighted by molar-refractivity contribution is 7.80. The predicted molar refractivity (Wildman–Crippen MR) is 68.4 cm³/mol. The van der Waals surface area contributed by atoms with E-state index >= 15 is 0 Å². The van der Waals surface area contributed by atoms with Crippen molar-refractivity contribution in [3.63, 3.8) is 0 Å². The van der Waals surface area contributed by atoms with Crippen LogP contribution in [0.4, 0.5) is 0 Å². The largest absolute Gasteiger partial charge is 0.302 e. The third-order valence-electron chi connectivity index (χ3n) is 2.23. The van der Waals surface area contributed by atoms with Gasteiger partial charge < -0.3 is 4.90 Å². The van der Waals surface area contributed by atoms with Crippen LogP contribution in [-0.2, 0) is 6.54 Å². The van der Waals surface area contributed by atoms with Gasteiger partial charge in [0.2, 0.25) is 0 Å². The predicted octanol–water partition coefficient (Wildman–Crippen LogP) is 3.28. The number of hydrogen-bond acceptors (Lipinski definition) is 3. The monoisotopic (exact) mass is 229 g/mol. The maximum absolute atomic E-state index is 4.20. The smallest absolute Gasteiger partial charge is 0.0238 e. The molecule has 14 heavy (non-hydrogen) atoms. The van der Waals surface area contributed by atoms with Crippen molar-refractivity contribution in [3.05, 3.63) is 22.4 Å². The highest BCUT2D eigenvalue weighted by atomic mass is 32.1. The Morgan fingerprint density at radius 2 is 2.21 bits per heavy atom. The van der Waals surface area contributed by atoms with Crippen LogP contribution in [0.2, 0.25) is 0 Å². The molecule has 0 fully saturated rings. The van der Waals surface area contributed by atoms with Crippen LogP contribution in [0.1, 0.15) is 24.8 Å². The van der Waals surface area contributed by atoms with Crippen molar-refractivity contribution in [3.8, 4) is 0 Å². The number of rotatable bonds is 7. The molecule has 0 N–H and O–H groups in total. The molecule has 0 aromatic carbocycles. The average Bonchev–Trinajstić information content (AvgIpc) is 2.65. The van der Waals surface area contributed by atoms with E-state index in [0.29, 0.717) is 0 Å². The molecular formula is C11H19NS2. The van der Waals surface area contributed by atoms with Crippen LogP contribution in [-0.4, -0.2) is 24.2 Å². The molecule has 0 saturated carbocycles. The fraction of sp³-hybridized carbons (Fsp3) is 0.636. The van der Waals surface area contributed by atoms with Gasteiger partial charge in [0.05, 0.1) is 0 Å². The lowest BCUT2D eigenvalue weighted by atomic mass is 10.2. The molecule has 3 heteroatoms. The standard InChI is InChI=1S/C11H19NS2/c1-12(6-3-2-4-7-13)9-11-5-8-14-10-11/h5,8,10,13H,2-4,6-7,9H2,1H3. The normalized spacial score (nSPS) is 11.1. The molecule has 0 saturated heterocycles. The molecule has 1 aromatic rings. The van der Waals surface area contributed by atoms with Crippen LogP contribution < -0.4 is 0 Å². The molecule has 0 bridgehead atoms. The van der Waals surface area contributed by atoms with E-state index in [-0.39, 0.29) is 0 Å². The third kappa shape index (κ3) is 5.03. The van der Waals surface area contributed by atoms with Crippen LogP contribution in [0.15, 0.2) is 16.8 Å². The lowest BCUT2D eigenvalue weighted by Crippen LogP contribution is -2.18. The quantitative estimate of drug-likeness (QED) is 0.555. The van der Waals surface area contributed by atoms with E-state index in [4.69, 9.17) is 0 Å². The maximum Gasteiger partial charge on any atom is 0.0238 e. The summed E-state index contributed by atoms with van der Waals surface area (Å²) in [5.74, 6) is 1.02. The Hall–Kier alpha value is 0.01000. The van der Waals surface area contributed by atoms with Gasteiger partial charge in [0.25, 0.3) is 0 Å². The van der Waals surface area contributed by atoms with Gasteiger partial charge in [-0.1, -0.05) is 6.42 Å². The molecule has 0 radical (unpaired) electrons. The summed E-state index contributed by atoms with van der Waals surface area (Å²) in [7, 11) is 2.19. The molecule has 0 aliphatic carbocycles. The Balaban J connectivity index is 2.07. The molecular weight excluding hydrogens is 210 g/mol. The molecule has 0 unspecified atom stereocenters. The van der Waals surface area contributed by atoms with Crippen molar-refractivity contribution in [2.75, 3.05) is 19.3 Å². The van der Waals surface area contributed by atoms with Gasteiger partial charge in [-0.05, 0) is 54.6 Å². The lowest BCUT2D eigenvalue weighted by Gasteiger charge is -2.15. The zero-order valence-corrected chi connectivity index (χ0v) is 10.5. The molecule has 0 aliphatic rings. The van der Waals surface area contributed by atoms with Gasteiger partial charge in [-0.25, -0.2) is 0 Å². The van der Waals surface area contributed by atoms with E-state index in [9.17, 15) is 0 Å². The highest BCUT2D eigenvalue weighted by Crippen LogP contribution is 2.09. The molecule has 1 nitrogen and oxygen atoms in total. The fourth-order valence-electron chi connectivity index (χ4n) is 1.44. The van der Waals surface area contributed by atoms with Gasteiger partial charge in [-0.15, -0.1) is 0 Å². The van der Waals surface area contributed by atoms with Crippen LogP contribution in [0.25, 0.3) is 0 Å². The van der Waals surface area contributed by atoms with Crippen molar-refractivity contribution >= 4 is 24.0 Å².